The lowest BCUT2D eigenvalue weighted by Crippen LogP contribution is -2.52. The Morgan fingerprint density at radius 3 is 1.70 bits per heavy atom. The van der Waals surface area contributed by atoms with Gasteiger partial charge in [-0.15, -0.1) is 0 Å². The normalized spacial score (nSPS) is 23.4. The first kappa shape index (κ1) is 44.8. The van der Waals surface area contributed by atoms with Gasteiger partial charge in [0.05, 0.1) is 28.2 Å². The number of fused-ring (bicyclic) bond motifs is 4. The zero-order chi connectivity index (χ0) is 44.9. The third-order valence-electron chi connectivity index (χ3n) is 13.5. The van der Waals surface area contributed by atoms with Crippen LogP contribution in [0.25, 0.3) is 0 Å². The first-order chi connectivity index (χ1) is 30.0. The SMILES string of the molecule is C.C[C@@H]1CC2C3CCc4c(C(=O)NCc5cccc(Cl)c5F)c(=O)c(O)c(n43)C(=O)N2C1.C[C@H]1CN2C(=O)c3c(O)c(=O)c(C(=O)NCc4cccc(Cl)c4F)c4n3C(CC4)C2N1C. The number of aromatic hydroxyl groups is 2. The van der Waals surface area contributed by atoms with Crippen molar-refractivity contribution < 1.29 is 38.2 Å². The molecule has 19 heteroatoms. The number of hydrogen-bond acceptors (Lipinski definition) is 9. The Labute approximate surface area is 376 Å². The van der Waals surface area contributed by atoms with E-state index in [4.69, 9.17) is 23.2 Å². The van der Waals surface area contributed by atoms with Gasteiger partial charge < -0.3 is 39.8 Å². The second kappa shape index (κ2) is 16.7. The van der Waals surface area contributed by atoms with Crippen LogP contribution >= 0.6 is 23.2 Å². The maximum Gasteiger partial charge on any atom is 0.275 e. The van der Waals surface area contributed by atoms with E-state index in [0.717, 1.165) is 6.42 Å². The molecule has 4 amide bonds. The first-order valence-electron chi connectivity index (χ1n) is 20.8. The lowest BCUT2D eigenvalue weighted by atomic mass is 9.98. The Hall–Kier alpha value is -5.78. The zero-order valence-corrected chi connectivity index (χ0v) is 35.9. The van der Waals surface area contributed by atoms with Crippen molar-refractivity contribution >= 4 is 46.8 Å². The van der Waals surface area contributed by atoms with E-state index >= 15 is 0 Å². The number of aromatic nitrogens is 2. The van der Waals surface area contributed by atoms with Gasteiger partial charge in [0.25, 0.3) is 23.6 Å². The number of halogens is 4. The minimum Gasteiger partial charge on any atom is -0.503 e. The number of benzene rings is 2. The van der Waals surface area contributed by atoms with Gasteiger partial charge in [0, 0.05) is 54.7 Å². The summed E-state index contributed by atoms with van der Waals surface area (Å²) >= 11 is 11.6. The quantitative estimate of drug-likeness (QED) is 0.203. The Bertz CT molecular complexity index is 2800. The van der Waals surface area contributed by atoms with Crippen LogP contribution in [0, 0.1) is 17.6 Å². The van der Waals surface area contributed by atoms with E-state index < -0.39 is 51.7 Å². The number of nitrogens with one attached hydrogen (secondary N) is 2. The van der Waals surface area contributed by atoms with Crippen molar-refractivity contribution in [3.8, 4) is 11.5 Å². The van der Waals surface area contributed by atoms with Crippen LogP contribution in [0.15, 0.2) is 46.0 Å². The summed E-state index contributed by atoms with van der Waals surface area (Å²) < 4.78 is 31.7. The van der Waals surface area contributed by atoms with Crippen LogP contribution in [-0.4, -0.2) is 96.1 Å². The molecule has 0 aliphatic carbocycles. The highest BCUT2D eigenvalue weighted by Gasteiger charge is 2.52. The number of carbonyl (C=O) groups is 4. The molecule has 10 rings (SSSR count). The largest absolute Gasteiger partial charge is 0.503 e. The fourth-order valence-corrected chi connectivity index (χ4v) is 11.0. The number of likely N-dealkylation sites (N-methyl/N-ethyl adjacent to an activating group) is 1. The van der Waals surface area contributed by atoms with Gasteiger partial charge in [-0.2, -0.15) is 0 Å². The highest BCUT2D eigenvalue weighted by molar-refractivity contribution is 6.31. The molecule has 4 N–H and O–H groups in total. The Morgan fingerprint density at radius 2 is 1.19 bits per heavy atom. The molecule has 0 radical (unpaired) electrons. The van der Waals surface area contributed by atoms with Crippen LogP contribution in [0.1, 0.15) is 117 Å². The number of hydrogen-bond donors (Lipinski definition) is 4. The van der Waals surface area contributed by atoms with Crippen molar-refractivity contribution in [1.82, 2.24) is 34.5 Å². The monoisotopic (exact) mass is 921 g/mol. The predicted molar refractivity (Wildman–Crippen MR) is 232 cm³/mol. The highest BCUT2D eigenvalue weighted by atomic mass is 35.5. The molecular formula is C45H47Cl2F2N7O8. The summed E-state index contributed by atoms with van der Waals surface area (Å²) in [6.07, 6.45) is 2.82. The molecule has 2 saturated heterocycles. The van der Waals surface area contributed by atoms with Crippen molar-refractivity contribution in [1.29, 1.82) is 0 Å². The molecule has 0 bridgehead atoms. The maximum atomic E-state index is 14.2. The minimum atomic E-state index is -0.886. The first-order valence-corrected chi connectivity index (χ1v) is 21.5. The smallest absolute Gasteiger partial charge is 0.275 e. The zero-order valence-electron chi connectivity index (χ0n) is 34.4. The average Bonchev–Trinajstić information content (AvgIpc) is 4.04. The number of nitrogens with zero attached hydrogens (tertiary/aromatic N) is 5. The molecule has 6 atom stereocenters. The number of pyridine rings is 2. The fraction of sp³-hybridized carbons (Fsp3) is 0.422. The third kappa shape index (κ3) is 6.85. The van der Waals surface area contributed by atoms with E-state index in [-0.39, 0.29) is 100 Å². The lowest BCUT2D eigenvalue weighted by molar-refractivity contribution is 0.0427. The topological polar surface area (TPSA) is 187 Å². The van der Waals surface area contributed by atoms with Crippen LogP contribution in [-0.2, 0) is 25.9 Å². The van der Waals surface area contributed by atoms with Crippen molar-refractivity contribution in [2.45, 2.75) is 96.8 Å². The molecule has 15 nitrogen and oxygen atoms in total. The molecular weight excluding hydrogens is 875 g/mol. The van der Waals surface area contributed by atoms with Crippen molar-refractivity contribution in [3.63, 3.8) is 0 Å². The molecule has 338 valence electrons. The molecule has 2 aromatic carbocycles. The summed E-state index contributed by atoms with van der Waals surface area (Å²) in [5.41, 5.74) is -0.970. The van der Waals surface area contributed by atoms with Gasteiger partial charge >= 0.3 is 0 Å². The summed E-state index contributed by atoms with van der Waals surface area (Å²) in [5.74, 6) is -4.57. The Balaban J connectivity index is 0.000000172. The lowest BCUT2D eigenvalue weighted by Gasteiger charge is -2.40. The predicted octanol–water partition coefficient (Wildman–Crippen LogP) is 5.14. The standard InChI is InChI=1S/C22H22ClFN4O4.C22H21ClFN3O4.CH4/c1-10-9-27-21(26(10)2)14-7-6-13-15(18(29)19(30)17(22(27)32)28(13)14)20(31)25-8-11-4-3-5-12(23)16(11)24;1-10-7-15-13-5-6-14-16(21(30)25-8-11-3-2-4-12(23)17(11)24)19(28)20(29)18(27(13)14)22(31)26(15)9-10;/h3-5,10,14,21,30H,6-9H2,1-2H3,(H,25,31);2-4,10,13,15,29H,5-9H2,1H3,(H,25,30);1H4/t10-,14?,21?;10-,13?,15?;/m01./s1. The van der Waals surface area contributed by atoms with E-state index in [0.29, 0.717) is 56.1 Å². The van der Waals surface area contributed by atoms with E-state index in [1.165, 1.54) is 24.3 Å². The van der Waals surface area contributed by atoms with Gasteiger partial charge in [0.1, 0.15) is 28.9 Å². The van der Waals surface area contributed by atoms with Crippen molar-refractivity contribution in [2.24, 2.45) is 5.92 Å². The van der Waals surface area contributed by atoms with Gasteiger partial charge in [0.2, 0.25) is 10.9 Å². The van der Waals surface area contributed by atoms with Gasteiger partial charge in [-0.05, 0) is 64.1 Å². The van der Waals surface area contributed by atoms with Crippen molar-refractivity contribution in [3.05, 3.63) is 124 Å². The van der Waals surface area contributed by atoms with Crippen LogP contribution in [0.2, 0.25) is 10.0 Å². The van der Waals surface area contributed by atoms with E-state index in [1.807, 2.05) is 14.0 Å². The van der Waals surface area contributed by atoms with Crippen LogP contribution in [0.4, 0.5) is 8.78 Å². The minimum absolute atomic E-state index is 0. The molecule has 8 heterocycles. The average molecular weight is 923 g/mol. The molecule has 64 heavy (non-hydrogen) atoms. The van der Waals surface area contributed by atoms with Crippen LogP contribution in [0.3, 0.4) is 0 Å². The molecule has 6 aliphatic rings. The summed E-state index contributed by atoms with van der Waals surface area (Å²) in [4.78, 5) is 83.6. The van der Waals surface area contributed by atoms with E-state index in [2.05, 4.69) is 22.5 Å². The molecule has 2 aromatic heterocycles. The van der Waals surface area contributed by atoms with Gasteiger partial charge in [0.15, 0.2) is 22.9 Å². The number of carbonyl (C=O) groups excluding carboxylic acids is 4. The summed E-state index contributed by atoms with van der Waals surface area (Å²) in [7, 11) is 1.95. The van der Waals surface area contributed by atoms with Crippen LogP contribution < -0.4 is 21.5 Å². The van der Waals surface area contributed by atoms with E-state index in [9.17, 15) is 47.8 Å². The molecule has 6 aliphatic heterocycles. The molecule has 2 fully saturated rings. The third-order valence-corrected chi connectivity index (χ3v) is 14.1. The van der Waals surface area contributed by atoms with E-state index in [1.54, 1.807) is 31.1 Å². The second-order valence-electron chi connectivity index (χ2n) is 17.2. The Kier molecular flexibility index (Phi) is 11.7. The Morgan fingerprint density at radius 1 is 0.719 bits per heavy atom. The van der Waals surface area contributed by atoms with Gasteiger partial charge in [-0.3, -0.25) is 33.7 Å². The second-order valence-corrected chi connectivity index (χ2v) is 18.0. The van der Waals surface area contributed by atoms with Gasteiger partial charge in [-0.25, -0.2) is 8.78 Å². The molecule has 4 aromatic rings. The summed E-state index contributed by atoms with van der Waals surface area (Å²) in [6.45, 7) is 4.85. The summed E-state index contributed by atoms with van der Waals surface area (Å²) in [6, 6.07) is 8.79. The van der Waals surface area contributed by atoms with Crippen LogP contribution in [0.5, 0.6) is 11.5 Å². The molecule has 0 spiro atoms. The molecule has 4 unspecified atom stereocenters. The summed E-state index contributed by atoms with van der Waals surface area (Å²) in [5, 5.41) is 26.3. The maximum absolute atomic E-state index is 14.2. The fourth-order valence-electron chi connectivity index (χ4n) is 10.6. The number of rotatable bonds is 6. The number of amides is 4. The highest BCUT2D eigenvalue weighted by Crippen LogP contribution is 2.46. The van der Waals surface area contributed by atoms with Crippen molar-refractivity contribution in [2.75, 3.05) is 20.1 Å². The molecule has 0 saturated carbocycles. The van der Waals surface area contributed by atoms with Gasteiger partial charge in [-0.1, -0.05) is 61.8 Å².